The molecule has 0 bridgehead atoms. The molecule has 9 heteroatoms. The summed E-state index contributed by atoms with van der Waals surface area (Å²) >= 11 is 1.54. The molecule has 0 saturated carbocycles. The van der Waals surface area contributed by atoms with E-state index in [2.05, 4.69) is 25.6 Å². The van der Waals surface area contributed by atoms with Crippen molar-refractivity contribution >= 4 is 34.7 Å². The van der Waals surface area contributed by atoms with Crippen molar-refractivity contribution in [3.63, 3.8) is 0 Å². The number of aryl methyl sites for hydroxylation is 1. The van der Waals surface area contributed by atoms with Crippen molar-refractivity contribution in [3.8, 4) is 0 Å². The van der Waals surface area contributed by atoms with Crippen LogP contribution in [0.15, 0.2) is 41.4 Å². The highest BCUT2D eigenvalue weighted by molar-refractivity contribution is 7.07. The first-order chi connectivity index (χ1) is 13.0. The summed E-state index contributed by atoms with van der Waals surface area (Å²) in [4.78, 5) is 24.5. The number of carbonyl (C=O) groups is 1. The van der Waals surface area contributed by atoms with Crippen LogP contribution in [0.25, 0.3) is 0 Å². The maximum Gasteiger partial charge on any atom is 0.254 e. The summed E-state index contributed by atoms with van der Waals surface area (Å²) in [6.45, 7) is 2.45. The fourth-order valence-corrected chi connectivity index (χ4v) is 3.07. The lowest BCUT2D eigenvalue weighted by atomic mass is 10.2. The smallest absolute Gasteiger partial charge is 0.254 e. The number of hydrogen-bond acceptors (Lipinski definition) is 8. The maximum atomic E-state index is 11.7. The zero-order chi connectivity index (χ0) is 19.2. The predicted octanol–water partition coefficient (Wildman–Crippen LogP) is 2.07. The lowest BCUT2D eigenvalue weighted by molar-refractivity contribution is 0.100. The van der Waals surface area contributed by atoms with E-state index in [-0.39, 0.29) is 11.6 Å². The van der Waals surface area contributed by atoms with Crippen molar-refractivity contribution in [2.45, 2.75) is 19.4 Å². The minimum absolute atomic E-state index is 0.139. The first kappa shape index (κ1) is 18.7. The van der Waals surface area contributed by atoms with Crippen molar-refractivity contribution in [3.05, 3.63) is 58.2 Å². The number of primary amides is 1. The Hall–Kier alpha value is -3.04. The standard InChI is InChI=1S/C18H21N7OS/c1-11-3-2-4-13(5-11)24-17-15(16(20)26)8-22-18(25-17)21-7-12(19)6-14-9-27-10-23-14/h2-5,8-10,12H,6-7,19H2,1H3,(H2,20,26)(H2,21,22,24,25). The number of hydrogen-bond donors (Lipinski definition) is 4. The second-order valence-electron chi connectivity index (χ2n) is 6.14. The number of aromatic nitrogens is 3. The van der Waals surface area contributed by atoms with Crippen molar-refractivity contribution in [1.82, 2.24) is 15.0 Å². The molecule has 2 aromatic heterocycles. The van der Waals surface area contributed by atoms with E-state index in [0.717, 1.165) is 16.9 Å². The van der Waals surface area contributed by atoms with Crippen molar-refractivity contribution in [2.24, 2.45) is 11.5 Å². The molecule has 0 aliphatic carbocycles. The normalized spacial score (nSPS) is 11.8. The zero-order valence-corrected chi connectivity index (χ0v) is 15.7. The third-order valence-corrected chi connectivity index (χ3v) is 4.45. The van der Waals surface area contributed by atoms with E-state index in [0.29, 0.717) is 24.7 Å². The van der Waals surface area contributed by atoms with Crippen LogP contribution in [-0.4, -0.2) is 33.4 Å². The van der Waals surface area contributed by atoms with Gasteiger partial charge in [-0.2, -0.15) is 4.98 Å². The number of carbonyl (C=O) groups excluding carboxylic acids is 1. The van der Waals surface area contributed by atoms with Crippen LogP contribution in [0, 0.1) is 6.92 Å². The molecule has 1 amide bonds. The number of benzene rings is 1. The van der Waals surface area contributed by atoms with Gasteiger partial charge in [0.2, 0.25) is 5.95 Å². The number of nitrogens with zero attached hydrogens (tertiary/aromatic N) is 3. The number of anilines is 3. The van der Waals surface area contributed by atoms with Crippen LogP contribution >= 0.6 is 11.3 Å². The Morgan fingerprint density at radius 3 is 2.89 bits per heavy atom. The lowest BCUT2D eigenvalue weighted by Gasteiger charge is -2.14. The average molecular weight is 383 g/mol. The molecule has 0 fully saturated rings. The largest absolute Gasteiger partial charge is 0.365 e. The predicted molar refractivity (Wildman–Crippen MR) is 107 cm³/mol. The SMILES string of the molecule is Cc1cccc(Nc2nc(NCC(N)Cc3cscn3)ncc2C(N)=O)c1. The molecule has 1 atom stereocenters. The topological polar surface area (TPSA) is 132 Å². The highest BCUT2D eigenvalue weighted by Crippen LogP contribution is 2.20. The first-order valence-corrected chi connectivity index (χ1v) is 9.32. The van der Waals surface area contributed by atoms with Crippen LogP contribution in [0.5, 0.6) is 0 Å². The van der Waals surface area contributed by atoms with Gasteiger partial charge in [-0.1, -0.05) is 12.1 Å². The van der Waals surface area contributed by atoms with E-state index in [4.69, 9.17) is 11.5 Å². The number of thiazole rings is 1. The van der Waals surface area contributed by atoms with Gasteiger partial charge in [0.25, 0.3) is 5.91 Å². The van der Waals surface area contributed by atoms with E-state index in [1.807, 2.05) is 36.6 Å². The summed E-state index contributed by atoms with van der Waals surface area (Å²) in [5, 5.41) is 8.20. The summed E-state index contributed by atoms with van der Waals surface area (Å²) in [6.07, 6.45) is 2.06. The molecule has 27 heavy (non-hydrogen) atoms. The Balaban J connectivity index is 1.71. The van der Waals surface area contributed by atoms with Crippen LogP contribution in [0.4, 0.5) is 17.5 Å². The van der Waals surface area contributed by atoms with Gasteiger partial charge in [-0.3, -0.25) is 4.79 Å². The van der Waals surface area contributed by atoms with Crippen LogP contribution < -0.4 is 22.1 Å². The van der Waals surface area contributed by atoms with Crippen LogP contribution in [0.2, 0.25) is 0 Å². The second kappa shape index (κ2) is 8.56. The molecule has 1 unspecified atom stereocenters. The molecule has 2 heterocycles. The summed E-state index contributed by atoms with van der Waals surface area (Å²) in [5.41, 5.74) is 16.4. The van der Waals surface area contributed by atoms with Crippen molar-refractivity contribution in [2.75, 3.05) is 17.2 Å². The minimum atomic E-state index is -0.600. The Morgan fingerprint density at radius 2 is 2.19 bits per heavy atom. The van der Waals surface area contributed by atoms with Gasteiger partial charge in [-0.05, 0) is 24.6 Å². The molecule has 0 spiro atoms. The maximum absolute atomic E-state index is 11.7. The van der Waals surface area contributed by atoms with Gasteiger partial charge in [0, 0.05) is 36.3 Å². The quantitative estimate of drug-likeness (QED) is 0.468. The Labute approximate surface area is 161 Å². The fraction of sp³-hybridized carbons (Fsp3) is 0.222. The molecule has 0 aliphatic rings. The van der Waals surface area contributed by atoms with Gasteiger partial charge >= 0.3 is 0 Å². The van der Waals surface area contributed by atoms with E-state index >= 15 is 0 Å². The fourth-order valence-electron chi connectivity index (χ4n) is 2.50. The van der Waals surface area contributed by atoms with Gasteiger partial charge in [-0.15, -0.1) is 11.3 Å². The lowest BCUT2D eigenvalue weighted by Crippen LogP contribution is -2.32. The molecule has 140 valence electrons. The molecular formula is C18H21N7OS. The van der Waals surface area contributed by atoms with E-state index in [1.165, 1.54) is 6.20 Å². The number of nitrogens with one attached hydrogen (secondary N) is 2. The molecule has 3 rings (SSSR count). The van der Waals surface area contributed by atoms with Gasteiger partial charge in [-0.25, -0.2) is 9.97 Å². The summed E-state index contributed by atoms with van der Waals surface area (Å²) in [7, 11) is 0. The van der Waals surface area contributed by atoms with Gasteiger partial charge in [0.1, 0.15) is 11.4 Å². The van der Waals surface area contributed by atoms with E-state index < -0.39 is 5.91 Å². The molecule has 0 aliphatic heterocycles. The van der Waals surface area contributed by atoms with Gasteiger partial charge in [0.05, 0.1) is 11.2 Å². The number of rotatable bonds is 8. The highest BCUT2D eigenvalue weighted by Gasteiger charge is 2.13. The van der Waals surface area contributed by atoms with Gasteiger partial charge in [0.15, 0.2) is 0 Å². The summed E-state index contributed by atoms with van der Waals surface area (Å²) in [5.74, 6) is 0.111. The summed E-state index contributed by atoms with van der Waals surface area (Å²) < 4.78 is 0. The molecule has 6 N–H and O–H groups in total. The third kappa shape index (κ3) is 5.22. The first-order valence-electron chi connectivity index (χ1n) is 8.38. The van der Waals surface area contributed by atoms with Crippen LogP contribution in [0.3, 0.4) is 0 Å². The van der Waals surface area contributed by atoms with Crippen molar-refractivity contribution in [1.29, 1.82) is 0 Å². The molecule has 0 radical (unpaired) electrons. The van der Waals surface area contributed by atoms with Gasteiger partial charge < -0.3 is 22.1 Å². The zero-order valence-electron chi connectivity index (χ0n) is 14.8. The third-order valence-electron chi connectivity index (χ3n) is 3.81. The molecule has 1 aromatic carbocycles. The molecule has 0 saturated heterocycles. The van der Waals surface area contributed by atoms with Crippen LogP contribution in [0.1, 0.15) is 21.6 Å². The molecular weight excluding hydrogens is 362 g/mol. The minimum Gasteiger partial charge on any atom is -0.365 e. The Kier molecular flexibility index (Phi) is 5.94. The molecule has 3 aromatic rings. The van der Waals surface area contributed by atoms with E-state index in [9.17, 15) is 4.79 Å². The monoisotopic (exact) mass is 383 g/mol. The number of amides is 1. The Morgan fingerprint density at radius 1 is 1.33 bits per heavy atom. The average Bonchev–Trinajstić information content (AvgIpc) is 3.13. The van der Waals surface area contributed by atoms with Crippen LogP contribution in [-0.2, 0) is 6.42 Å². The second-order valence-corrected chi connectivity index (χ2v) is 6.86. The Bertz CT molecular complexity index is 914. The van der Waals surface area contributed by atoms with E-state index in [1.54, 1.807) is 16.8 Å². The molecule has 8 nitrogen and oxygen atoms in total. The number of nitrogens with two attached hydrogens (primary N) is 2. The summed E-state index contributed by atoms with van der Waals surface area (Å²) in [6, 6.07) is 7.59. The highest BCUT2D eigenvalue weighted by atomic mass is 32.1. The van der Waals surface area contributed by atoms with Crippen molar-refractivity contribution < 1.29 is 4.79 Å².